The average molecular weight is 281 g/mol. The van der Waals surface area contributed by atoms with Crippen molar-refractivity contribution in [3.05, 3.63) is 53.0 Å². The molecule has 98 valence electrons. The number of benzene rings is 1. The number of carbonyl (C=O) groups excluding carboxylic acids is 2. The molecule has 6 heteroatoms. The Hall–Kier alpha value is -2.14. The lowest BCUT2D eigenvalue weighted by Gasteiger charge is -2.07. The number of hydrogen-bond donors (Lipinski definition) is 1. The van der Waals surface area contributed by atoms with E-state index < -0.39 is 17.8 Å². The summed E-state index contributed by atoms with van der Waals surface area (Å²) < 4.78 is 13.6. The van der Waals surface area contributed by atoms with Crippen LogP contribution in [0.4, 0.5) is 9.18 Å². The van der Waals surface area contributed by atoms with Crippen molar-refractivity contribution in [2.24, 2.45) is 0 Å². The Bertz CT molecular complexity index is 578. The highest BCUT2D eigenvalue weighted by Gasteiger charge is 2.32. The van der Waals surface area contributed by atoms with Gasteiger partial charge in [0, 0.05) is 12.1 Å². The van der Waals surface area contributed by atoms with Crippen molar-refractivity contribution >= 4 is 29.6 Å². The van der Waals surface area contributed by atoms with E-state index in [-0.39, 0.29) is 22.8 Å². The molecule has 0 aliphatic carbocycles. The van der Waals surface area contributed by atoms with Crippen molar-refractivity contribution in [1.82, 2.24) is 10.2 Å². The van der Waals surface area contributed by atoms with E-state index in [2.05, 4.69) is 11.9 Å². The summed E-state index contributed by atoms with van der Waals surface area (Å²) in [6.07, 6.45) is 2.65. The fraction of sp³-hybridized carbons (Fsp3) is 0.0769. The molecular formula is C13H10ClFN2O2. The number of hydrogen-bond acceptors (Lipinski definition) is 2. The smallest absolute Gasteiger partial charge is 0.303 e. The molecule has 0 atom stereocenters. The standard InChI is InChI=1S/C13H10ClFN2O2/c1-2-6-17-12(18)11(16-13(17)19)7-8-9(14)4-3-5-10(8)15/h2-5,7H,1,6H2,(H,16,19)/b11-7-. The molecule has 0 saturated carbocycles. The van der Waals surface area contributed by atoms with Crippen LogP contribution in [0, 0.1) is 5.82 Å². The van der Waals surface area contributed by atoms with Gasteiger partial charge in [0.15, 0.2) is 0 Å². The molecule has 3 amide bonds. The van der Waals surface area contributed by atoms with Crippen LogP contribution < -0.4 is 5.32 Å². The summed E-state index contributed by atoms with van der Waals surface area (Å²) >= 11 is 5.85. The van der Waals surface area contributed by atoms with E-state index in [0.29, 0.717) is 0 Å². The second kappa shape index (κ2) is 5.24. The third-order valence-electron chi connectivity index (χ3n) is 2.56. The highest BCUT2D eigenvalue weighted by atomic mass is 35.5. The summed E-state index contributed by atoms with van der Waals surface area (Å²) in [4.78, 5) is 24.4. The van der Waals surface area contributed by atoms with Gasteiger partial charge in [0.2, 0.25) is 0 Å². The van der Waals surface area contributed by atoms with Gasteiger partial charge in [-0.3, -0.25) is 9.69 Å². The van der Waals surface area contributed by atoms with E-state index in [4.69, 9.17) is 11.6 Å². The Morgan fingerprint density at radius 3 is 2.79 bits per heavy atom. The molecule has 0 unspecified atom stereocenters. The van der Waals surface area contributed by atoms with Crippen LogP contribution in [0.2, 0.25) is 5.02 Å². The largest absolute Gasteiger partial charge is 0.329 e. The lowest BCUT2D eigenvalue weighted by atomic mass is 10.1. The molecule has 1 aliphatic rings. The zero-order chi connectivity index (χ0) is 14.0. The van der Waals surface area contributed by atoms with Gasteiger partial charge in [-0.2, -0.15) is 0 Å². The zero-order valence-electron chi connectivity index (χ0n) is 9.82. The van der Waals surface area contributed by atoms with Gasteiger partial charge in [-0.15, -0.1) is 6.58 Å². The summed E-state index contributed by atoms with van der Waals surface area (Å²) in [7, 11) is 0. The highest BCUT2D eigenvalue weighted by Crippen LogP contribution is 2.23. The Labute approximate surface area is 114 Å². The van der Waals surface area contributed by atoms with Crippen LogP contribution in [0.1, 0.15) is 5.56 Å². The summed E-state index contributed by atoms with van der Waals surface area (Å²) in [5.74, 6) is -1.10. The van der Waals surface area contributed by atoms with Gasteiger partial charge >= 0.3 is 6.03 Å². The van der Waals surface area contributed by atoms with E-state index in [1.165, 1.54) is 30.4 Å². The molecule has 2 rings (SSSR count). The second-order valence-corrected chi connectivity index (χ2v) is 4.24. The first-order valence-electron chi connectivity index (χ1n) is 5.44. The van der Waals surface area contributed by atoms with Gasteiger partial charge in [-0.25, -0.2) is 9.18 Å². The van der Waals surface area contributed by atoms with Crippen LogP contribution in [0.15, 0.2) is 36.6 Å². The van der Waals surface area contributed by atoms with Crippen LogP contribution in [0.25, 0.3) is 6.08 Å². The molecule has 0 radical (unpaired) electrons. The highest BCUT2D eigenvalue weighted by molar-refractivity contribution is 6.32. The van der Waals surface area contributed by atoms with Gasteiger partial charge < -0.3 is 5.32 Å². The van der Waals surface area contributed by atoms with Crippen LogP contribution >= 0.6 is 11.6 Å². The van der Waals surface area contributed by atoms with Crippen molar-refractivity contribution in [3.8, 4) is 0 Å². The Morgan fingerprint density at radius 2 is 2.16 bits per heavy atom. The topological polar surface area (TPSA) is 49.4 Å². The third kappa shape index (κ3) is 2.51. The van der Waals surface area contributed by atoms with Crippen molar-refractivity contribution in [3.63, 3.8) is 0 Å². The number of nitrogens with one attached hydrogen (secondary N) is 1. The van der Waals surface area contributed by atoms with E-state index in [0.717, 1.165) is 4.90 Å². The predicted molar refractivity (Wildman–Crippen MR) is 69.8 cm³/mol. The molecule has 1 fully saturated rings. The monoisotopic (exact) mass is 280 g/mol. The first kappa shape index (κ1) is 13.3. The van der Waals surface area contributed by atoms with Crippen LogP contribution in [0.5, 0.6) is 0 Å². The van der Waals surface area contributed by atoms with Crippen molar-refractivity contribution in [2.75, 3.05) is 6.54 Å². The minimum absolute atomic E-state index is 0.0150. The van der Waals surface area contributed by atoms with Crippen molar-refractivity contribution in [1.29, 1.82) is 0 Å². The van der Waals surface area contributed by atoms with E-state index in [9.17, 15) is 14.0 Å². The molecule has 0 bridgehead atoms. The number of amides is 3. The minimum atomic E-state index is -0.566. The maximum atomic E-state index is 13.6. The van der Waals surface area contributed by atoms with Gasteiger partial charge in [0.1, 0.15) is 11.5 Å². The van der Waals surface area contributed by atoms with Crippen LogP contribution in [-0.2, 0) is 4.79 Å². The number of rotatable bonds is 3. The van der Waals surface area contributed by atoms with Gasteiger partial charge in [-0.1, -0.05) is 23.7 Å². The molecular weight excluding hydrogens is 271 g/mol. The van der Waals surface area contributed by atoms with Crippen molar-refractivity contribution in [2.45, 2.75) is 0 Å². The summed E-state index contributed by atoms with van der Waals surface area (Å²) in [6.45, 7) is 3.55. The predicted octanol–water partition coefficient (Wildman–Crippen LogP) is 2.56. The molecule has 1 aliphatic heterocycles. The zero-order valence-corrected chi connectivity index (χ0v) is 10.6. The molecule has 19 heavy (non-hydrogen) atoms. The molecule has 1 saturated heterocycles. The Kier molecular flexibility index (Phi) is 3.66. The first-order valence-corrected chi connectivity index (χ1v) is 5.82. The van der Waals surface area contributed by atoms with Crippen molar-refractivity contribution < 1.29 is 14.0 Å². The molecule has 1 heterocycles. The fourth-order valence-electron chi connectivity index (χ4n) is 1.66. The quantitative estimate of drug-likeness (QED) is 0.525. The van der Waals surface area contributed by atoms with E-state index in [1.54, 1.807) is 0 Å². The maximum absolute atomic E-state index is 13.6. The first-order chi connectivity index (χ1) is 9.04. The third-order valence-corrected chi connectivity index (χ3v) is 2.89. The lowest BCUT2D eigenvalue weighted by molar-refractivity contribution is -0.122. The number of carbonyl (C=O) groups is 2. The summed E-state index contributed by atoms with van der Waals surface area (Å²) in [5.41, 5.74) is 0.0483. The van der Waals surface area contributed by atoms with Gasteiger partial charge in [-0.05, 0) is 18.2 Å². The molecule has 4 nitrogen and oxygen atoms in total. The lowest BCUT2D eigenvalue weighted by Crippen LogP contribution is -2.30. The van der Waals surface area contributed by atoms with E-state index in [1.807, 2.05) is 0 Å². The summed E-state index contributed by atoms with van der Waals surface area (Å²) in [5, 5.41) is 2.53. The summed E-state index contributed by atoms with van der Waals surface area (Å²) in [6, 6.07) is 3.61. The molecule has 0 aromatic heterocycles. The molecule has 1 N–H and O–H groups in total. The number of urea groups is 1. The molecule has 1 aromatic rings. The molecule has 0 spiro atoms. The molecule has 1 aromatic carbocycles. The number of imide groups is 1. The second-order valence-electron chi connectivity index (χ2n) is 3.83. The number of nitrogens with zero attached hydrogens (tertiary/aromatic N) is 1. The maximum Gasteiger partial charge on any atom is 0.329 e. The Balaban J connectivity index is 2.38. The minimum Gasteiger partial charge on any atom is -0.303 e. The Morgan fingerprint density at radius 1 is 1.42 bits per heavy atom. The number of halogens is 2. The normalized spacial score (nSPS) is 16.9. The van der Waals surface area contributed by atoms with E-state index >= 15 is 0 Å². The fourth-order valence-corrected chi connectivity index (χ4v) is 1.88. The van der Waals surface area contributed by atoms with Gasteiger partial charge in [0.05, 0.1) is 5.02 Å². The van der Waals surface area contributed by atoms with Gasteiger partial charge in [0.25, 0.3) is 5.91 Å². The van der Waals surface area contributed by atoms with Crippen LogP contribution in [0.3, 0.4) is 0 Å². The average Bonchev–Trinajstić information content (AvgIpc) is 2.62. The SMILES string of the molecule is C=CCN1C(=O)N/C(=C\c2c(F)cccc2Cl)C1=O. The van der Waals surface area contributed by atoms with Crippen LogP contribution in [-0.4, -0.2) is 23.4 Å².